The highest BCUT2D eigenvalue weighted by Crippen LogP contribution is 2.65. The van der Waals surface area contributed by atoms with E-state index in [-0.39, 0.29) is 10.8 Å². The smallest absolute Gasteiger partial charge is 0.139 e. The number of aliphatic hydroxyl groups is 1. The highest BCUT2D eigenvalue weighted by molar-refractivity contribution is 6.00. The Bertz CT molecular complexity index is 753. The van der Waals surface area contributed by atoms with Crippen molar-refractivity contribution in [3.8, 4) is 0 Å². The maximum absolute atomic E-state index is 12.6. The van der Waals surface area contributed by atoms with E-state index >= 15 is 0 Å². The van der Waals surface area contributed by atoms with E-state index in [4.69, 9.17) is 4.84 Å². The summed E-state index contributed by atoms with van der Waals surface area (Å²) < 4.78 is 0. The number of nitrogens with zero attached hydrogens (tertiary/aromatic N) is 2. The molecule has 0 bridgehead atoms. The highest BCUT2D eigenvalue weighted by Gasteiger charge is 2.66. The minimum Gasteiger partial charge on any atom is -0.411 e. The standard InChI is InChI=1S/C23H37N3O4/c1-21-9-8-18-16(17(21)5-6-20(21)27)13-19(25-29)23(28)14-15(7-10-22(18,23)2)26-30-12-4-11-24-3/h16-18,24,28-29H,4-14H2,1-3H3/b25-19+,26-15?/t16-,17-,18-,21-,22+,23-/m0/s1. The lowest BCUT2D eigenvalue weighted by atomic mass is 9.43. The Balaban J connectivity index is 1.58. The Labute approximate surface area is 179 Å². The van der Waals surface area contributed by atoms with E-state index < -0.39 is 5.60 Å². The van der Waals surface area contributed by atoms with Crippen LogP contribution in [0.3, 0.4) is 0 Å². The third kappa shape index (κ3) is 3.11. The van der Waals surface area contributed by atoms with Gasteiger partial charge in [0.25, 0.3) is 0 Å². The largest absolute Gasteiger partial charge is 0.411 e. The topological polar surface area (TPSA) is 104 Å². The van der Waals surface area contributed by atoms with Crippen LogP contribution < -0.4 is 5.32 Å². The summed E-state index contributed by atoms with van der Waals surface area (Å²) in [4.78, 5) is 18.1. The normalized spacial score (nSPS) is 45.9. The average Bonchev–Trinajstić information content (AvgIpc) is 3.03. The van der Waals surface area contributed by atoms with Crippen LogP contribution in [0.5, 0.6) is 0 Å². The number of ketones is 1. The Hall–Kier alpha value is -1.47. The molecule has 7 nitrogen and oxygen atoms in total. The summed E-state index contributed by atoms with van der Waals surface area (Å²) in [6, 6.07) is 0. The summed E-state index contributed by atoms with van der Waals surface area (Å²) in [5.41, 5.74) is -0.510. The summed E-state index contributed by atoms with van der Waals surface area (Å²) in [5.74, 6) is 1.35. The Morgan fingerprint density at radius 3 is 2.73 bits per heavy atom. The van der Waals surface area contributed by atoms with Crippen molar-refractivity contribution in [1.82, 2.24) is 5.32 Å². The first-order chi connectivity index (χ1) is 14.3. The molecule has 4 aliphatic carbocycles. The molecule has 3 N–H and O–H groups in total. The lowest BCUT2D eigenvalue weighted by Crippen LogP contribution is -2.66. The van der Waals surface area contributed by atoms with Crippen LogP contribution in [-0.4, -0.2) is 53.3 Å². The molecule has 0 aliphatic heterocycles. The number of oxime groups is 2. The van der Waals surface area contributed by atoms with E-state index in [1.54, 1.807) is 0 Å². The first kappa shape index (κ1) is 21.8. The molecule has 30 heavy (non-hydrogen) atoms. The number of hydrogen-bond acceptors (Lipinski definition) is 7. The third-order valence-corrected chi connectivity index (χ3v) is 9.19. The summed E-state index contributed by atoms with van der Waals surface area (Å²) in [7, 11) is 1.91. The molecule has 0 spiro atoms. The van der Waals surface area contributed by atoms with Gasteiger partial charge in [0.05, 0.1) is 11.4 Å². The van der Waals surface area contributed by atoms with Crippen LogP contribution in [0.25, 0.3) is 0 Å². The number of nitrogens with one attached hydrogen (secondary N) is 1. The summed E-state index contributed by atoms with van der Waals surface area (Å²) in [6.45, 7) is 5.72. The van der Waals surface area contributed by atoms with Crippen molar-refractivity contribution in [3.05, 3.63) is 0 Å². The zero-order valence-electron chi connectivity index (χ0n) is 18.6. The molecule has 4 aliphatic rings. The molecular formula is C23H37N3O4. The molecule has 0 aromatic carbocycles. The molecule has 0 radical (unpaired) electrons. The summed E-state index contributed by atoms with van der Waals surface area (Å²) >= 11 is 0. The average molecular weight is 420 g/mol. The van der Waals surface area contributed by atoms with Crippen LogP contribution in [0, 0.1) is 28.6 Å². The number of fused-ring (bicyclic) bond motifs is 5. The van der Waals surface area contributed by atoms with Gasteiger partial charge in [-0.3, -0.25) is 4.79 Å². The molecule has 0 amide bonds. The van der Waals surface area contributed by atoms with Crippen molar-refractivity contribution >= 4 is 17.2 Å². The zero-order chi connectivity index (χ0) is 21.6. The fourth-order valence-corrected chi connectivity index (χ4v) is 7.30. The van der Waals surface area contributed by atoms with E-state index in [0.29, 0.717) is 55.1 Å². The van der Waals surface area contributed by atoms with Crippen molar-refractivity contribution in [2.24, 2.45) is 38.9 Å². The molecule has 7 heteroatoms. The van der Waals surface area contributed by atoms with E-state index in [1.807, 2.05) is 7.05 Å². The fraction of sp³-hybridized carbons (Fsp3) is 0.870. The fourth-order valence-electron chi connectivity index (χ4n) is 7.30. The number of carbonyl (C=O) groups excluding carboxylic acids is 1. The van der Waals surface area contributed by atoms with Crippen molar-refractivity contribution in [3.63, 3.8) is 0 Å². The monoisotopic (exact) mass is 419 g/mol. The third-order valence-electron chi connectivity index (χ3n) is 9.19. The molecule has 4 rings (SSSR count). The number of hydrogen-bond donors (Lipinski definition) is 3. The minimum absolute atomic E-state index is 0.240. The van der Waals surface area contributed by atoms with Gasteiger partial charge in [0, 0.05) is 23.7 Å². The van der Waals surface area contributed by atoms with Crippen molar-refractivity contribution in [1.29, 1.82) is 0 Å². The van der Waals surface area contributed by atoms with Gasteiger partial charge in [-0.05, 0) is 76.3 Å². The van der Waals surface area contributed by atoms with Crippen LogP contribution in [0.15, 0.2) is 10.3 Å². The van der Waals surface area contributed by atoms with Crippen molar-refractivity contribution in [2.45, 2.75) is 77.2 Å². The second-order valence-corrected chi connectivity index (χ2v) is 10.4. The Morgan fingerprint density at radius 2 is 2.00 bits per heavy atom. The van der Waals surface area contributed by atoms with Gasteiger partial charge in [0.2, 0.25) is 0 Å². The van der Waals surface area contributed by atoms with Gasteiger partial charge >= 0.3 is 0 Å². The van der Waals surface area contributed by atoms with E-state index in [1.165, 1.54) is 0 Å². The molecule has 0 aromatic rings. The molecule has 0 unspecified atom stereocenters. The van der Waals surface area contributed by atoms with Crippen LogP contribution in [-0.2, 0) is 9.63 Å². The molecule has 0 heterocycles. The molecule has 4 fully saturated rings. The molecule has 0 saturated heterocycles. The SMILES string of the molecule is CNCCCON=C1CC[C@]2(C)[C@H]3CC[C@]4(C)C(=O)CC[C@H]4[C@@H]3C/C(=N\O)[C@@]2(O)C1. The highest BCUT2D eigenvalue weighted by atomic mass is 16.6. The second kappa shape index (κ2) is 7.90. The van der Waals surface area contributed by atoms with Crippen molar-refractivity contribution < 1.29 is 19.9 Å². The van der Waals surface area contributed by atoms with Crippen LogP contribution >= 0.6 is 0 Å². The first-order valence-corrected chi connectivity index (χ1v) is 11.6. The number of rotatable bonds is 5. The summed E-state index contributed by atoms with van der Waals surface area (Å²) in [6.07, 6.45) is 6.83. The minimum atomic E-state index is -1.20. The maximum Gasteiger partial charge on any atom is 0.139 e. The van der Waals surface area contributed by atoms with Crippen LogP contribution in [0.4, 0.5) is 0 Å². The first-order valence-electron chi connectivity index (χ1n) is 11.6. The predicted octanol–water partition coefficient (Wildman–Crippen LogP) is 3.14. The zero-order valence-corrected chi connectivity index (χ0v) is 18.6. The van der Waals surface area contributed by atoms with E-state index in [0.717, 1.165) is 50.8 Å². The van der Waals surface area contributed by atoms with Gasteiger partial charge < -0.3 is 20.5 Å². The predicted molar refractivity (Wildman–Crippen MR) is 115 cm³/mol. The Morgan fingerprint density at radius 1 is 1.20 bits per heavy atom. The molecule has 168 valence electrons. The van der Waals surface area contributed by atoms with E-state index in [9.17, 15) is 15.1 Å². The van der Waals surface area contributed by atoms with Gasteiger partial charge in [-0.1, -0.05) is 24.2 Å². The quantitative estimate of drug-likeness (QED) is 0.361. The van der Waals surface area contributed by atoms with Crippen LogP contribution in [0.1, 0.15) is 71.6 Å². The van der Waals surface area contributed by atoms with Gasteiger partial charge in [0.1, 0.15) is 18.0 Å². The number of Topliss-reactive ketones (excluding diaryl/α,β-unsaturated/α-hetero) is 1. The van der Waals surface area contributed by atoms with Gasteiger partial charge in [-0.25, -0.2) is 0 Å². The molecule has 6 atom stereocenters. The van der Waals surface area contributed by atoms with Gasteiger partial charge in [0.15, 0.2) is 0 Å². The molecular weight excluding hydrogens is 382 g/mol. The maximum atomic E-state index is 12.6. The van der Waals surface area contributed by atoms with E-state index in [2.05, 4.69) is 29.5 Å². The van der Waals surface area contributed by atoms with Crippen LogP contribution in [0.2, 0.25) is 0 Å². The lowest BCUT2D eigenvalue weighted by Gasteiger charge is -2.62. The van der Waals surface area contributed by atoms with Crippen molar-refractivity contribution in [2.75, 3.05) is 20.2 Å². The lowest BCUT2D eigenvalue weighted by molar-refractivity contribution is -0.146. The molecule has 0 aromatic heterocycles. The molecule has 4 saturated carbocycles. The second-order valence-electron chi connectivity index (χ2n) is 10.4. The number of carbonyl (C=O) groups is 1. The Kier molecular flexibility index (Phi) is 5.73. The van der Waals surface area contributed by atoms with Gasteiger partial charge in [-0.2, -0.15) is 0 Å². The van der Waals surface area contributed by atoms with Gasteiger partial charge in [-0.15, -0.1) is 0 Å². The summed E-state index contributed by atoms with van der Waals surface area (Å²) in [5, 5.41) is 32.8.